The molecule has 0 aromatic rings. The molecular formula is C16H34O3. The molecule has 2 atom stereocenters. The summed E-state index contributed by atoms with van der Waals surface area (Å²) in [7, 11) is 0. The molecule has 0 saturated heterocycles. The monoisotopic (exact) mass is 274 g/mol. The van der Waals surface area contributed by atoms with Crippen LogP contribution in [0.1, 0.15) is 84.0 Å². The molecule has 0 bridgehead atoms. The molecule has 0 saturated carbocycles. The molecule has 3 nitrogen and oxygen atoms in total. The Hall–Kier alpha value is -0.120. The minimum atomic E-state index is -0.531. The van der Waals surface area contributed by atoms with Crippen LogP contribution in [0.25, 0.3) is 0 Å². The lowest BCUT2D eigenvalue weighted by atomic mass is 10.0. The Morgan fingerprint density at radius 3 is 1.53 bits per heavy atom. The zero-order chi connectivity index (χ0) is 14.3. The van der Waals surface area contributed by atoms with Gasteiger partial charge in [0.1, 0.15) is 0 Å². The second kappa shape index (κ2) is 14.3. The van der Waals surface area contributed by atoms with Gasteiger partial charge in [0.05, 0.1) is 12.2 Å². The van der Waals surface area contributed by atoms with E-state index in [9.17, 15) is 10.2 Å². The quantitative estimate of drug-likeness (QED) is 0.425. The highest BCUT2D eigenvalue weighted by Crippen LogP contribution is 2.14. The first-order valence-corrected chi connectivity index (χ1v) is 8.19. The molecule has 116 valence electrons. The second-order valence-electron chi connectivity index (χ2n) is 5.62. The van der Waals surface area contributed by atoms with Crippen LogP contribution >= 0.6 is 0 Å². The number of hydrogen-bond acceptors (Lipinski definition) is 3. The number of aliphatic hydroxyl groups excluding tert-OH is 3. The number of aliphatic hydroxyl groups is 3. The van der Waals surface area contributed by atoms with Gasteiger partial charge in [-0.15, -0.1) is 0 Å². The minimum absolute atomic E-state index is 0.318. The van der Waals surface area contributed by atoms with E-state index in [-0.39, 0.29) is 0 Å². The maximum Gasteiger partial charge on any atom is 0.0799 e. The summed E-state index contributed by atoms with van der Waals surface area (Å²) in [6, 6.07) is 0. The molecule has 0 aromatic carbocycles. The van der Waals surface area contributed by atoms with E-state index in [1.165, 1.54) is 25.7 Å². The third-order valence-electron chi connectivity index (χ3n) is 3.71. The SMILES string of the molecule is CCCC[C@H](O)[C@@H](O)CCCCCCCCCCO. The molecule has 0 aliphatic rings. The maximum absolute atomic E-state index is 9.77. The van der Waals surface area contributed by atoms with Gasteiger partial charge >= 0.3 is 0 Å². The predicted octanol–water partition coefficient (Wildman–Crippen LogP) is 3.40. The van der Waals surface area contributed by atoms with Crippen molar-refractivity contribution in [2.75, 3.05) is 6.61 Å². The highest BCUT2D eigenvalue weighted by atomic mass is 16.3. The summed E-state index contributed by atoms with van der Waals surface area (Å²) in [4.78, 5) is 0. The smallest absolute Gasteiger partial charge is 0.0799 e. The molecule has 0 rings (SSSR count). The lowest BCUT2D eigenvalue weighted by Gasteiger charge is -2.17. The van der Waals surface area contributed by atoms with Crippen LogP contribution in [-0.4, -0.2) is 34.1 Å². The Kier molecular flexibility index (Phi) is 14.2. The van der Waals surface area contributed by atoms with Crippen LogP contribution in [0.15, 0.2) is 0 Å². The first-order chi connectivity index (χ1) is 9.22. The van der Waals surface area contributed by atoms with Crippen LogP contribution in [0.2, 0.25) is 0 Å². The van der Waals surface area contributed by atoms with Crippen molar-refractivity contribution in [1.29, 1.82) is 0 Å². The third kappa shape index (κ3) is 12.6. The zero-order valence-corrected chi connectivity index (χ0v) is 12.7. The molecule has 0 fully saturated rings. The molecule has 19 heavy (non-hydrogen) atoms. The van der Waals surface area contributed by atoms with Gasteiger partial charge < -0.3 is 15.3 Å². The average molecular weight is 274 g/mol. The number of unbranched alkanes of at least 4 members (excludes halogenated alkanes) is 8. The molecule has 3 heteroatoms. The molecule has 3 N–H and O–H groups in total. The fourth-order valence-electron chi connectivity index (χ4n) is 2.32. The van der Waals surface area contributed by atoms with Gasteiger partial charge in [-0.05, 0) is 19.3 Å². The van der Waals surface area contributed by atoms with E-state index in [1.807, 2.05) is 0 Å². The molecule has 0 spiro atoms. The van der Waals surface area contributed by atoms with Crippen LogP contribution in [-0.2, 0) is 0 Å². The molecule has 0 amide bonds. The summed E-state index contributed by atoms with van der Waals surface area (Å²) in [5, 5.41) is 28.1. The predicted molar refractivity (Wildman–Crippen MR) is 80.2 cm³/mol. The van der Waals surface area contributed by atoms with Crippen molar-refractivity contribution in [1.82, 2.24) is 0 Å². The van der Waals surface area contributed by atoms with Crippen molar-refractivity contribution >= 4 is 0 Å². The van der Waals surface area contributed by atoms with Gasteiger partial charge in [0.2, 0.25) is 0 Å². The highest BCUT2D eigenvalue weighted by Gasteiger charge is 2.14. The second-order valence-corrected chi connectivity index (χ2v) is 5.62. The molecular weight excluding hydrogens is 240 g/mol. The summed E-state index contributed by atoms with van der Waals surface area (Å²) in [6.07, 6.45) is 11.6. The lowest BCUT2D eigenvalue weighted by molar-refractivity contribution is 0.00738. The van der Waals surface area contributed by atoms with Crippen molar-refractivity contribution in [2.24, 2.45) is 0 Å². The highest BCUT2D eigenvalue weighted by molar-refractivity contribution is 4.67. The first kappa shape index (κ1) is 18.9. The molecule has 0 unspecified atom stereocenters. The number of hydrogen-bond donors (Lipinski definition) is 3. The molecule has 0 aromatic heterocycles. The topological polar surface area (TPSA) is 60.7 Å². The van der Waals surface area contributed by atoms with Crippen LogP contribution in [0.3, 0.4) is 0 Å². The van der Waals surface area contributed by atoms with E-state index in [2.05, 4.69) is 6.92 Å². The van der Waals surface area contributed by atoms with E-state index in [0.717, 1.165) is 51.4 Å². The van der Waals surface area contributed by atoms with E-state index < -0.39 is 12.2 Å². The van der Waals surface area contributed by atoms with Crippen molar-refractivity contribution in [2.45, 2.75) is 96.2 Å². The van der Waals surface area contributed by atoms with Crippen LogP contribution in [0.4, 0.5) is 0 Å². The van der Waals surface area contributed by atoms with Crippen molar-refractivity contribution in [3.8, 4) is 0 Å². The summed E-state index contributed by atoms with van der Waals surface area (Å²) < 4.78 is 0. The maximum atomic E-state index is 9.77. The standard InChI is InChI=1S/C16H34O3/c1-2-3-12-15(18)16(19)13-10-8-6-4-5-7-9-11-14-17/h15-19H,2-14H2,1H3/t15-,16-/m0/s1. The van der Waals surface area contributed by atoms with Crippen LogP contribution in [0.5, 0.6) is 0 Å². The Balaban J connectivity index is 3.24. The zero-order valence-electron chi connectivity index (χ0n) is 12.7. The van der Waals surface area contributed by atoms with Gasteiger partial charge in [0.25, 0.3) is 0 Å². The lowest BCUT2D eigenvalue weighted by Crippen LogP contribution is -2.25. The Labute approximate surface area is 119 Å². The van der Waals surface area contributed by atoms with Gasteiger partial charge in [0.15, 0.2) is 0 Å². The fraction of sp³-hybridized carbons (Fsp3) is 1.00. The van der Waals surface area contributed by atoms with Gasteiger partial charge in [-0.3, -0.25) is 0 Å². The van der Waals surface area contributed by atoms with Crippen LogP contribution in [0, 0.1) is 0 Å². The Morgan fingerprint density at radius 1 is 0.632 bits per heavy atom. The van der Waals surface area contributed by atoms with E-state index in [0.29, 0.717) is 6.61 Å². The van der Waals surface area contributed by atoms with Gasteiger partial charge in [0, 0.05) is 6.61 Å². The molecule has 0 heterocycles. The molecule has 0 radical (unpaired) electrons. The first-order valence-electron chi connectivity index (χ1n) is 8.19. The molecule has 0 aliphatic heterocycles. The number of rotatable bonds is 14. The average Bonchev–Trinajstić information content (AvgIpc) is 2.42. The minimum Gasteiger partial charge on any atom is -0.396 e. The summed E-state index contributed by atoms with van der Waals surface area (Å²) in [5.41, 5.74) is 0. The van der Waals surface area contributed by atoms with Gasteiger partial charge in [-0.1, -0.05) is 64.7 Å². The van der Waals surface area contributed by atoms with Crippen molar-refractivity contribution in [3.63, 3.8) is 0 Å². The Bertz CT molecular complexity index is 173. The van der Waals surface area contributed by atoms with E-state index >= 15 is 0 Å². The third-order valence-corrected chi connectivity index (χ3v) is 3.71. The Morgan fingerprint density at radius 2 is 1.05 bits per heavy atom. The van der Waals surface area contributed by atoms with Gasteiger partial charge in [-0.25, -0.2) is 0 Å². The van der Waals surface area contributed by atoms with E-state index in [1.54, 1.807) is 0 Å². The van der Waals surface area contributed by atoms with Crippen molar-refractivity contribution < 1.29 is 15.3 Å². The van der Waals surface area contributed by atoms with Gasteiger partial charge in [-0.2, -0.15) is 0 Å². The largest absolute Gasteiger partial charge is 0.396 e. The van der Waals surface area contributed by atoms with Crippen molar-refractivity contribution in [3.05, 3.63) is 0 Å². The summed E-state index contributed by atoms with van der Waals surface area (Å²) >= 11 is 0. The normalized spacial score (nSPS) is 14.5. The summed E-state index contributed by atoms with van der Waals surface area (Å²) in [6.45, 7) is 2.41. The van der Waals surface area contributed by atoms with Crippen LogP contribution < -0.4 is 0 Å². The molecule has 0 aliphatic carbocycles. The summed E-state index contributed by atoms with van der Waals surface area (Å²) in [5.74, 6) is 0. The van der Waals surface area contributed by atoms with E-state index in [4.69, 9.17) is 5.11 Å². The fourth-order valence-corrected chi connectivity index (χ4v) is 2.32.